The van der Waals surface area contributed by atoms with Crippen molar-refractivity contribution in [2.45, 2.75) is 25.8 Å². The maximum absolute atomic E-state index is 11.4. The second kappa shape index (κ2) is 7.27. The molecule has 0 bridgehead atoms. The normalized spacial score (nSPS) is 9.78. The van der Waals surface area contributed by atoms with Gasteiger partial charge in [-0.1, -0.05) is 18.2 Å². The molecule has 0 aromatic heterocycles. The summed E-state index contributed by atoms with van der Waals surface area (Å²) in [5, 5.41) is 11.5. The number of carboxylic acids is 1. The first-order chi connectivity index (χ1) is 8.63. The first kappa shape index (κ1) is 14.0. The minimum absolute atomic E-state index is 0.000777. The topological polar surface area (TPSA) is 66.4 Å². The Morgan fingerprint density at radius 3 is 2.50 bits per heavy atom. The Hall–Kier alpha value is -2.10. The highest BCUT2D eigenvalue weighted by Gasteiger charge is 2.03. The van der Waals surface area contributed by atoms with Gasteiger partial charge in [0.05, 0.1) is 5.56 Å². The van der Waals surface area contributed by atoms with Crippen LogP contribution in [0.25, 0.3) is 0 Å². The molecule has 0 heterocycles. The number of aromatic carboxylic acids is 1. The summed E-state index contributed by atoms with van der Waals surface area (Å²) >= 11 is 0. The molecular formula is C14H17NO3. The Labute approximate surface area is 106 Å². The van der Waals surface area contributed by atoms with E-state index in [1.165, 1.54) is 12.1 Å². The van der Waals surface area contributed by atoms with E-state index >= 15 is 0 Å². The molecule has 0 atom stereocenters. The van der Waals surface area contributed by atoms with E-state index in [2.05, 4.69) is 11.9 Å². The van der Waals surface area contributed by atoms with Crippen molar-refractivity contribution in [2.75, 3.05) is 0 Å². The summed E-state index contributed by atoms with van der Waals surface area (Å²) in [6.45, 7) is 4.02. The molecular weight excluding hydrogens is 230 g/mol. The molecule has 1 rings (SSSR count). The molecule has 1 amide bonds. The van der Waals surface area contributed by atoms with Crippen LogP contribution in [0.5, 0.6) is 0 Å². The van der Waals surface area contributed by atoms with E-state index in [9.17, 15) is 9.59 Å². The fraction of sp³-hybridized carbons (Fsp3) is 0.286. The maximum Gasteiger partial charge on any atom is 0.335 e. The predicted octanol–water partition coefficient (Wildman–Crippen LogP) is 2.36. The quantitative estimate of drug-likeness (QED) is 0.574. The monoisotopic (exact) mass is 247 g/mol. The molecule has 4 heteroatoms. The van der Waals surface area contributed by atoms with Crippen molar-refractivity contribution in [2.24, 2.45) is 0 Å². The van der Waals surface area contributed by atoms with Crippen LogP contribution in [0.4, 0.5) is 0 Å². The molecule has 0 aliphatic heterocycles. The number of carbonyl (C=O) groups excluding carboxylic acids is 1. The Bertz CT molecular complexity index is 423. The number of hydrogen-bond donors (Lipinski definition) is 2. The van der Waals surface area contributed by atoms with Gasteiger partial charge in [-0.05, 0) is 30.5 Å². The summed E-state index contributed by atoms with van der Waals surface area (Å²) in [5.41, 5.74) is 1.13. The molecule has 0 saturated carbocycles. The van der Waals surface area contributed by atoms with Crippen LogP contribution in [-0.2, 0) is 11.3 Å². The first-order valence-corrected chi connectivity index (χ1v) is 5.83. The van der Waals surface area contributed by atoms with Gasteiger partial charge >= 0.3 is 5.97 Å². The zero-order chi connectivity index (χ0) is 13.4. The molecule has 1 aromatic carbocycles. The van der Waals surface area contributed by atoms with Crippen molar-refractivity contribution in [3.63, 3.8) is 0 Å². The molecule has 4 nitrogen and oxygen atoms in total. The number of carbonyl (C=O) groups is 2. The highest BCUT2D eigenvalue weighted by molar-refractivity contribution is 5.87. The minimum Gasteiger partial charge on any atom is -0.478 e. The Morgan fingerprint density at radius 2 is 1.94 bits per heavy atom. The highest BCUT2D eigenvalue weighted by Crippen LogP contribution is 2.04. The van der Waals surface area contributed by atoms with E-state index in [-0.39, 0.29) is 11.5 Å². The van der Waals surface area contributed by atoms with Crippen LogP contribution in [-0.4, -0.2) is 17.0 Å². The summed E-state index contributed by atoms with van der Waals surface area (Å²) in [6.07, 6.45) is 3.91. The lowest BCUT2D eigenvalue weighted by Gasteiger charge is -2.05. The third-order valence-corrected chi connectivity index (χ3v) is 2.50. The van der Waals surface area contributed by atoms with E-state index in [1.54, 1.807) is 18.2 Å². The van der Waals surface area contributed by atoms with Gasteiger partial charge < -0.3 is 10.4 Å². The molecule has 0 aliphatic rings. The summed E-state index contributed by atoms with van der Waals surface area (Å²) < 4.78 is 0. The Kier molecular flexibility index (Phi) is 5.64. The smallest absolute Gasteiger partial charge is 0.335 e. The molecule has 2 N–H and O–H groups in total. The molecule has 18 heavy (non-hydrogen) atoms. The second-order valence-corrected chi connectivity index (χ2v) is 3.96. The largest absolute Gasteiger partial charge is 0.478 e. The third-order valence-electron chi connectivity index (χ3n) is 2.50. The lowest BCUT2D eigenvalue weighted by Crippen LogP contribution is -2.22. The summed E-state index contributed by atoms with van der Waals surface area (Å²) in [5.74, 6) is -0.950. The fourth-order valence-corrected chi connectivity index (χ4v) is 1.46. The van der Waals surface area contributed by atoms with Crippen LogP contribution in [0.1, 0.15) is 35.2 Å². The number of rotatable bonds is 7. The van der Waals surface area contributed by atoms with Gasteiger partial charge in [0.2, 0.25) is 5.91 Å². The predicted molar refractivity (Wildman–Crippen MR) is 69.3 cm³/mol. The number of benzene rings is 1. The molecule has 0 unspecified atom stereocenters. The number of carboxylic acid groups (broad SMARTS) is 1. The molecule has 96 valence electrons. The SMILES string of the molecule is C=CCCCC(=O)NCc1ccc(C(=O)O)cc1. The van der Waals surface area contributed by atoms with Crippen LogP contribution < -0.4 is 5.32 Å². The van der Waals surface area contributed by atoms with Gasteiger partial charge in [-0.25, -0.2) is 4.79 Å². The summed E-state index contributed by atoms with van der Waals surface area (Å²) in [7, 11) is 0. The van der Waals surface area contributed by atoms with Crippen LogP contribution in [0.3, 0.4) is 0 Å². The zero-order valence-electron chi connectivity index (χ0n) is 10.2. The van der Waals surface area contributed by atoms with Gasteiger partial charge in [0, 0.05) is 13.0 Å². The van der Waals surface area contributed by atoms with Gasteiger partial charge in [-0.2, -0.15) is 0 Å². The number of nitrogens with one attached hydrogen (secondary N) is 1. The van der Waals surface area contributed by atoms with E-state index in [0.717, 1.165) is 18.4 Å². The fourth-order valence-electron chi connectivity index (χ4n) is 1.46. The minimum atomic E-state index is -0.949. The highest BCUT2D eigenvalue weighted by atomic mass is 16.4. The standard InChI is InChI=1S/C14H17NO3/c1-2-3-4-5-13(16)15-10-11-6-8-12(9-7-11)14(17)18/h2,6-9H,1,3-5,10H2,(H,15,16)(H,17,18). The first-order valence-electron chi connectivity index (χ1n) is 5.83. The Morgan fingerprint density at radius 1 is 1.28 bits per heavy atom. The van der Waals surface area contributed by atoms with Gasteiger partial charge in [-0.3, -0.25) is 4.79 Å². The van der Waals surface area contributed by atoms with Crippen molar-refractivity contribution >= 4 is 11.9 Å². The van der Waals surface area contributed by atoms with E-state index < -0.39 is 5.97 Å². The second-order valence-electron chi connectivity index (χ2n) is 3.96. The number of amides is 1. The zero-order valence-corrected chi connectivity index (χ0v) is 10.2. The van der Waals surface area contributed by atoms with Crippen LogP contribution in [0.15, 0.2) is 36.9 Å². The number of allylic oxidation sites excluding steroid dienone is 1. The average molecular weight is 247 g/mol. The van der Waals surface area contributed by atoms with E-state index in [4.69, 9.17) is 5.11 Å². The Balaban J connectivity index is 2.36. The van der Waals surface area contributed by atoms with E-state index in [0.29, 0.717) is 13.0 Å². The van der Waals surface area contributed by atoms with Crippen molar-refractivity contribution in [3.8, 4) is 0 Å². The molecule has 0 fully saturated rings. The van der Waals surface area contributed by atoms with Crippen molar-refractivity contribution in [3.05, 3.63) is 48.0 Å². The van der Waals surface area contributed by atoms with Gasteiger partial charge in [0.25, 0.3) is 0 Å². The lowest BCUT2D eigenvalue weighted by atomic mass is 10.1. The van der Waals surface area contributed by atoms with Crippen molar-refractivity contribution < 1.29 is 14.7 Å². The average Bonchev–Trinajstić information content (AvgIpc) is 2.37. The molecule has 0 radical (unpaired) electrons. The van der Waals surface area contributed by atoms with Crippen LogP contribution >= 0.6 is 0 Å². The number of hydrogen-bond acceptors (Lipinski definition) is 2. The van der Waals surface area contributed by atoms with Gasteiger partial charge in [0.1, 0.15) is 0 Å². The van der Waals surface area contributed by atoms with Crippen LogP contribution in [0.2, 0.25) is 0 Å². The molecule has 0 saturated heterocycles. The van der Waals surface area contributed by atoms with E-state index in [1.807, 2.05) is 0 Å². The van der Waals surface area contributed by atoms with Crippen molar-refractivity contribution in [1.29, 1.82) is 0 Å². The molecule has 0 spiro atoms. The molecule has 1 aromatic rings. The van der Waals surface area contributed by atoms with Gasteiger partial charge in [0.15, 0.2) is 0 Å². The molecule has 0 aliphatic carbocycles. The van der Waals surface area contributed by atoms with Gasteiger partial charge in [-0.15, -0.1) is 6.58 Å². The van der Waals surface area contributed by atoms with Crippen LogP contribution in [0, 0.1) is 0 Å². The maximum atomic E-state index is 11.4. The van der Waals surface area contributed by atoms with Crippen molar-refractivity contribution in [1.82, 2.24) is 5.32 Å². The number of unbranched alkanes of at least 4 members (excludes halogenated alkanes) is 1. The third kappa shape index (κ3) is 4.82. The summed E-state index contributed by atoms with van der Waals surface area (Å²) in [4.78, 5) is 22.1. The lowest BCUT2D eigenvalue weighted by molar-refractivity contribution is -0.121. The summed E-state index contributed by atoms with van der Waals surface area (Å²) in [6, 6.07) is 6.46.